The van der Waals surface area contributed by atoms with Gasteiger partial charge in [-0.2, -0.15) is 0 Å². The molecule has 4 aliphatic heterocycles. The van der Waals surface area contributed by atoms with Crippen LogP contribution in [0.5, 0.6) is 5.75 Å². The van der Waals surface area contributed by atoms with E-state index in [9.17, 15) is 9.90 Å². The lowest BCUT2D eigenvalue weighted by atomic mass is 9.59. The van der Waals surface area contributed by atoms with Gasteiger partial charge in [0.1, 0.15) is 5.75 Å². The number of phenols is 1. The summed E-state index contributed by atoms with van der Waals surface area (Å²) in [4.78, 5) is 21.9. The summed E-state index contributed by atoms with van der Waals surface area (Å²) >= 11 is 0. The van der Waals surface area contributed by atoms with E-state index in [2.05, 4.69) is 41.2 Å². The minimum atomic E-state index is -0.0960. The number of esters is 1. The number of likely N-dealkylation sites (tertiary alicyclic amines) is 2. The summed E-state index contributed by atoms with van der Waals surface area (Å²) in [6, 6.07) is 11.3. The molecule has 4 fully saturated rings. The van der Waals surface area contributed by atoms with Crippen LogP contribution in [0.2, 0.25) is 0 Å². The molecule has 1 saturated carbocycles. The Labute approximate surface area is 242 Å². The van der Waals surface area contributed by atoms with Gasteiger partial charge in [-0.05, 0) is 75.4 Å². The summed E-state index contributed by atoms with van der Waals surface area (Å²) in [5.74, 6) is 0.984. The highest BCUT2D eigenvalue weighted by molar-refractivity contribution is 5.76. The van der Waals surface area contributed by atoms with E-state index < -0.39 is 0 Å². The fourth-order valence-corrected chi connectivity index (χ4v) is 8.05. The number of hydrogen-bond acceptors (Lipinski definition) is 10. The second kappa shape index (κ2) is 11.0. The minimum Gasteiger partial charge on any atom is -0.507 e. The highest BCUT2D eigenvalue weighted by atomic mass is 16.5. The van der Waals surface area contributed by atoms with Crippen molar-refractivity contribution in [3.05, 3.63) is 30.3 Å². The van der Waals surface area contributed by atoms with Crippen LogP contribution >= 0.6 is 0 Å². The van der Waals surface area contributed by atoms with Crippen molar-refractivity contribution in [3.8, 4) is 17.0 Å². The van der Waals surface area contributed by atoms with Crippen molar-refractivity contribution >= 4 is 17.5 Å². The van der Waals surface area contributed by atoms with Gasteiger partial charge in [-0.1, -0.05) is 12.1 Å². The van der Waals surface area contributed by atoms with Gasteiger partial charge < -0.3 is 25.0 Å². The van der Waals surface area contributed by atoms with Crippen molar-refractivity contribution in [2.75, 3.05) is 76.2 Å². The molecule has 7 rings (SSSR count). The van der Waals surface area contributed by atoms with Crippen molar-refractivity contribution in [2.24, 2.45) is 5.41 Å². The number of piperidine rings is 1. The number of aromatic hydroxyl groups is 1. The summed E-state index contributed by atoms with van der Waals surface area (Å²) < 4.78 is 4.77. The number of aromatic nitrogens is 2. The second-order valence-corrected chi connectivity index (χ2v) is 12.9. The first kappa shape index (κ1) is 26.9. The van der Waals surface area contributed by atoms with Crippen LogP contribution in [-0.4, -0.2) is 120 Å². The third-order valence-electron chi connectivity index (χ3n) is 10.4. The third kappa shape index (κ3) is 5.26. The van der Waals surface area contributed by atoms with Crippen molar-refractivity contribution in [1.82, 2.24) is 24.9 Å². The average Bonchev–Trinajstić information content (AvgIpc) is 2.96. The third-order valence-corrected chi connectivity index (χ3v) is 10.4. The maximum atomic E-state index is 11.4. The first-order valence-electron chi connectivity index (χ1n) is 15.4. The Hall–Kier alpha value is -2.95. The zero-order valence-electron chi connectivity index (χ0n) is 24.2. The number of phenolic OH excluding ortho intramolecular Hbond substituents is 1. The highest BCUT2D eigenvalue weighted by Crippen LogP contribution is 2.52. The lowest BCUT2D eigenvalue weighted by molar-refractivity contribution is -0.140. The van der Waals surface area contributed by atoms with Crippen LogP contribution in [0.15, 0.2) is 30.3 Å². The molecule has 2 N–H and O–H groups in total. The molecule has 2 aromatic rings. The normalized spacial score (nSPS) is 25.1. The number of methoxy groups -OCH3 is 1. The molecular weight excluding hydrogens is 518 g/mol. The molecule has 5 heterocycles. The van der Waals surface area contributed by atoms with Crippen LogP contribution in [0, 0.1) is 5.41 Å². The molecule has 10 nitrogen and oxygen atoms in total. The van der Waals surface area contributed by atoms with Crippen LogP contribution < -0.4 is 10.2 Å². The lowest BCUT2D eigenvalue weighted by Crippen LogP contribution is -2.70. The van der Waals surface area contributed by atoms with Crippen LogP contribution in [0.25, 0.3) is 11.3 Å². The smallest absolute Gasteiger partial charge is 0.305 e. The Balaban J connectivity index is 0.876. The average molecular weight is 562 g/mol. The predicted molar refractivity (Wildman–Crippen MR) is 158 cm³/mol. The summed E-state index contributed by atoms with van der Waals surface area (Å²) in [5, 5.41) is 22.7. The summed E-state index contributed by atoms with van der Waals surface area (Å²) in [6.45, 7) is 9.93. The fraction of sp³-hybridized carbons (Fsp3) is 0.645. The molecule has 3 saturated heterocycles. The Bertz CT molecular complexity index is 1250. The number of piperazine rings is 1. The first-order valence-corrected chi connectivity index (χ1v) is 15.4. The van der Waals surface area contributed by atoms with Crippen molar-refractivity contribution in [3.63, 3.8) is 0 Å². The minimum absolute atomic E-state index is 0.0960. The number of nitrogens with zero attached hydrogens (tertiary/aromatic N) is 6. The first-order chi connectivity index (χ1) is 20.0. The number of para-hydroxylation sites is 1. The molecular formula is C31H43N7O3. The SMILES string of the molecule is COC(=O)CCCN1CCC(N2CC3(CC(N4CCN5c6cc(-c7ccccc7O)nnc6NC[C@H]5C4)C3)C2)CC1. The molecule has 0 radical (unpaired) electrons. The van der Waals surface area contributed by atoms with Crippen LogP contribution in [0.1, 0.15) is 38.5 Å². The van der Waals surface area contributed by atoms with E-state index in [1.807, 2.05) is 18.2 Å². The van der Waals surface area contributed by atoms with Gasteiger partial charge >= 0.3 is 5.97 Å². The van der Waals surface area contributed by atoms with Gasteiger partial charge in [0, 0.05) is 63.3 Å². The second-order valence-electron chi connectivity index (χ2n) is 12.9. The van der Waals surface area contributed by atoms with E-state index in [1.54, 1.807) is 6.07 Å². The van der Waals surface area contributed by atoms with E-state index in [0.717, 1.165) is 75.3 Å². The van der Waals surface area contributed by atoms with E-state index in [0.29, 0.717) is 29.6 Å². The van der Waals surface area contributed by atoms with Crippen molar-refractivity contribution < 1.29 is 14.6 Å². The van der Waals surface area contributed by atoms with Gasteiger partial charge in [-0.3, -0.25) is 14.6 Å². The van der Waals surface area contributed by atoms with Gasteiger partial charge in [0.05, 0.1) is 24.5 Å². The maximum Gasteiger partial charge on any atom is 0.305 e. The zero-order chi connectivity index (χ0) is 28.0. The number of rotatable bonds is 7. The summed E-state index contributed by atoms with van der Waals surface area (Å²) in [7, 11) is 1.47. The van der Waals surface area contributed by atoms with Gasteiger partial charge in [0.15, 0.2) is 5.82 Å². The van der Waals surface area contributed by atoms with Crippen LogP contribution in [-0.2, 0) is 9.53 Å². The van der Waals surface area contributed by atoms with Gasteiger partial charge in [0.25, 0.3) is 0 Å². The van der Waals surface area contributed by atoms with E-state index >= 15 is 0 Å². The molecule has 0 unspecified atom stereocenters. The molecule has 41 heavy (non-hydrogen) atoms. The number of nitrogens with one attached hydrogen (secondary N) is 1. The highest BCUT2D eigenvalue weighted by Gasteiger charge is 2.55. The molecule has 0 amide bonds. The monoisotopic (exact) mass is 561 g/mol. The summed E-state index contributed by atoms with van der Waals surface area (Å²) in [5.41, 5.74) is 3.09. The predicted octanol–water partition coefficient (Wildman–Crippen LogP) is 2.65. The Morgan fingerprint density at radius 2 is 1.85 bits per heavy atom. The number of fused-ring (bicyclic) bond motifs is 3. The standard InChI is InChI=1S/C31H43N7O3/c1-41-29(40)7-4-10-35-11-8-22(9-12-35)37-20-31(21-37)16-23(17-31)36-13-14-38-24(19-36)18-32-30-27(38)15-26(33-34-30)25-5-2-3-6-28(25)39/h2-3,5-6,15,22-24,39H,4,7-14,16-21H2,1H3,(H,32,34)/t24-/m0/s1. The largest absolute Gasteiger partial charge is 0.507 e. The molecule has 1 aliphatic carbocycles. The van der Waals surface area contributed by atoms with Gasteiger partial charge in [0.2, 0.25) is 0 Å². The Morgan fingerprint density at radius 1 is 1.05 bits per heavy atom. The van der Waals surface area contributed by atoms with Crippen LogP contribution in [0.3, 0.4) is 0 Å². The Kier molecular flexibility index (Phi) is 7.25. The zero-order valence-corrected chi connectivity index (χ0v) is 24.2. The molecule has 1 atom stereocenters. The number of hydrogen-bond donors (Lipinski definition) is 2. The number of carbonyl (C=O) groups excluding carboxylic acids is 1. The summed E-state index contributed by atoms with van der Waals surface area (Å²) in [6.07, 6.45) is 6.63. The number of carbonyl (C=O) groups is 1. The molecule has 1 aromatic heterocycles. The van der Waals surface area contributed by atoms with E-state index in [1.165, 1.54) is 45.9 Å². The Morgan fingerprint density at radius 3 is 2.63 bits per heavy atom. The fourth-order valence-electron chi connectivity index (χ4n) is 8.05. The van der Waals surface area contributed by atoms with Crippen molar-refractivity contribution in [1.29, 1.82) is 0 Å². The van der Waals surface area contributed by atoms with E-state index in [-0.39, 0.29) is 11.7 Å². The molecule has 10 heteroatoms. The molecule has 0 bridgehead atoms. The van der Waals surface area contributed by atoms with Crippen molar-refractivity contribution in [2.45, 2.75) is 56.7 Å². The topological polar surface area (TPSA) is 97.3 Å². The lowest BCUT2D eigenvalue weighted by Gasteiger charge is -2.64. The van der Waals surface area contributed by atoms with Gasteiger partial charge in [-0.15, -0.1) is 10.2 Å². The molecule has 1 aromatic carbocycles. The number of anilines is 2. The number of ether oxygens (including phenoxy) is 1. The van der Waals surface area contributed by atoms with Crippen LogP contribution in [0.4, 0.5) is 11.5 Å². The molecule has 5 aliphatic rings. The van der Waals surface area contributed by atoms with Gasteiger partial charge in [-0.25, -0.2) is 0 Å². The van der Waals surface area contributed by atoms with E-state index in [4.69, 9.17) is 4.74 Å². The quantitative estimate of drug-likeness (QED) is 0.491. The molecule has 1 spiro atoms. The maximum absolute atomic E-state index is 11.4. The number of benzene rings is 1. The molecule has 220 valence electrons.